The Morgan fingerprint density at radius 3 is 2.77 bits per heavy atom. The first-order valence-electron chi connectivity index (χ1n) is 7.34. The van der Waals surface area contributed by atoms with Crippen LogP contribution in [0.25, 0.3) is 0 Å². The summed E-state index contributed by atoms with van der Waals surface area (Å²) in [6.45, 7) is 5.68. The number of benzene rings is 1. The Morgan fingerprint density at radius 2 is 2.18 bits per heavy atom. The van der Waals surface area contributed by atoms with Crippen molar-refractivity contribution in [1.82, 2.24) is 4.90 Å². The van der Waals surface area contributed by atoms with Crippen molar-refractivity contribution in [1.29, 1.82) is 0 Å². The number of Topliss-reactive ketones (excluding diaryl/α,β-unsaturated/α-hetero) is 1. The van der Waals surface area contributed by atoms with E-state index in [-0.39, 0.29) is 30.1 Å². The summed E-state index contributed by atoms with van der Waals surface area (Å²) in [5.41, 5.74) is 7.17. The van der Waals surface area contributed by atoms with Gasteiger partial charge in [-0.1, -0.05) is 12.1 Å². The molecule has 0 spiro atoms. The van der Waals surface area contributed by atoms with E-state index in [1.807, 2.05) is 6.92 Å². The van der Waals surface area contributed by atoms with Crippen LogP contribution >= 0.6 is 12.4 Å². The zero-order chi connectivity index (χ0) is 15.4. The highest BCUT2D eigenvalue weighted by Gasteiger charge is 2.26. The minimum atomic E-state index is -0.0546. The number of rotatable bonds is 5. The minimum Gasteiger partial charge on any atom is -0.328 e. The van der Waals surface area contributed by atoms with Gasteiger partial charge in [-0.2, -0.15) is 0 Å². The average molecular weight is 326 g/mol. The molecule has 122 valence electrons. The van der Waals surface area contributed by atoms with Crippen LogP contribution in [0.2, 0.25) is 0 Å². The van der Waals surface area contributed by atoms with Crippen molar-refractivity contribution in [2.75, 3.05) is 25.0 Å². The second kappa shape index (κ2) is 8.27. The third-order valence-electron chi connectivity index (χ3n) is 3.97. The van der Waals surface area contributed by atoms with Crippen LogP contribution in [-0.2, 0) is 4.79 Å². The van der Waals surface area contributed by atoms with Crippen molar-refractivity contribution in [3.05, 3.63) is 29.8 Å². The molecule has 1 aromatic rings. The highest BCUT2D eigenvalue weighted by Crippen LogP contribution is 2.18. The zero-order valence-corrected chi connectivity index (χ0v) is 13.9. The summed E-state index contributed by atoms with van der Waals surface area (Å²) in [5.74, 6) is 0.408. The molecule has 1 saturated heterocycles. The summed E-state index contributed by atoms with van der Waals surface area (Å²) in [4.78, 5) is 25.5. The largest absolute Gasteiger partial charge is 0.328 e. The first kappa shape index (κ1) is 18.6. The second-order valence-electron chi connectivity index (χ2n) is 5.83. The van der Waals surface area contributed by atoms with Gasteiger partial charge in [0.1, 0.15) is 0 Å². The molecule has 1 fully saturated rings. The molecular weight excluding hydrogens is 302 g/mol. The normalized spacial score (nSPS) is 19.3. The number of nitrogens with two attached hydrogens (primary N) is 1. The third-order valence-corrected chi connectivity index (χ3v) is 3.97. The topological polar surface area (TPSA) is 75.4 Å². The molecule has 6 heteroatoms. The maximum absolute atomic E-state index is 12.1. The Bertz CT molecular complexity index is 534. The molecule has 0 saturated carbocycles. The third kappa shape index (κ3) is 5.09. The van der Waals surface area contributed by atoms with Gasteiger partial charge in [-0.15, -0.1) is 12.4 Å². The van der Waals surface area contributed by atoms with Crippen LogP contribution < -0.4 is 11.1 Å². The Hall–Kier alpha value is -1.43. The first-order chi connectivity index (χ1) is 9.95. The van der Waals surface area contributed by atoms with Gasteiger partial charge in [0.25, 0.3) is 0 Å². The van der Waals surface area contributed by atoms with Crippen LogP contribution in [0, 0.1) is 5.92 Å². The van der Waals surface area contributed by atoms with Crippen molar-refractivity contribution < 1.29 is 9.59 Å². The van der Waals surface area contributed by atoms with E-state index < -0.39 is 0 Å². The van der Waals surface area contributed by atoms with Crippen molar-refractivity contribution >= 4 is 29.8 Å². The molecule has 1 aromatic carbocycles. The minimum absolute atomic E-state index is 0. The van der Waals surface area contributed by atoms with Gasteiger partial charge in [-0.25, -0.2) is 0 Å². The number of nitrogens with one attached hydrogen (secondary N) is 1. The fourth-order valence-corrected chi connectivity index (χ4v) is 2.65. The SMILES string of the molecule is CC(=O)c1cccc(NC(=O)CN2CCC(C(C)N)C2)c1.Cl. The molecular formula is C16H24ClN3O2. The lowest BCUT2D eigenvalue weighted by molar-refractivity contribution is -0.117. The van der Waals surface area contributed by atoms with Crippen molar-refractivity contribution in [2.45, 2.75) is 26.3 Å². The summed E-state index contributed by atoms with van der Waals surface area (Å²) in [7, 11) is 0. The predicted molar refractivity (Wildman–Crippen MR) is 90.5 cm³/mol. The zero-order valence-electron chi connectivity index (χ0n) is 13.0. The molecule has 1 aliphatic rings. The molecule has 0 aliphatic carbocycles. The summed E-state index contributed by atoms with van der Waals surface area (Å²) in [5, 5.41) is 2.84. The van der Waals surface area contributed by atoms with E-state index in [1.165, 1.54) is 6.92 Å². The summed E-state index contributed by atoms with van der Waals surface area (Å²) in [6, 6.07) is 7.18. The fraction of sp³-hybridized carbons (Fsp3) is 0.500. The van der Waals surface area contributed by atoms with Crippen molar-refractivity contribution in [2.24, 2.45) is 11.7 Å². The number of carbonyl (C=O) groups excluding carboxylic acids is 2. The van der Waals surface area contributed by atoms with E-state index in [0.29, 0.717) is 23.7 Å². The molecule has 2 rings (SSSR count). The maximum atomic E-state index is 12.1. The molecule has 2 atom stereocenters. The fourth-order valence-electron chi connectivity index (χ4n) is 2.65. The van der Waals surface area contributed by atoms with Gasteiger partial charge in [0.05, 0.1) is 6.54 Å². The van der Waals surface area contributed by atoms with E-state index in [4.69, 9.17) is 5.73 Å². The van der Waals surface area contributed by atoms with Gasteiger partial charge >= 0.3 is 0 Å². The lowest BCUT2D eigenvalue weighted by Gasteiger charge is -2.17. The molecule has 1 aliphatic heterocycles. The molecule has 0 bridgehead atoms. The number of ketones is 1. The number of halogens is 1. The maximum Gasteiger partial charge on any atom is 0.238 e. The number of hydrogen-bond acceptors (Lipinski definition) is 4. The van der Waals surface area contributed by atoms with Gasteiger partial charge in [0.15, 0.2) is 5.78 Å². The summed E-state index contributed by atoms with van der Waals surface area (Å²) < 4.78 is 0. The van der Waals surface area contributed by atoms with Crippen LogP contribution in [0.15, 0.2) is 24.3 Å². The van der Waals surface area contributed by atoms with Gasteiger partial charge in [0.2, 0.25) is 5.91 Å². The van der Waals surface area contributed by atoms with E-state index in [9.17, 15) is 9.59 Å². The Kier molecular flexibility index (Phi) is 7.00. The number of nitrogens with zero attached hydrogens (tertiary/aromatic N) is 1. The Balaban J connectivity index is 0.00000242. The monoisotopic (exact) mass is 325 g/mol. The van der Waals surface area contributed by atoms with Gasteiger partial charge < -0.3 is 11.1 Å². The van der Waals surface area contributed by atoms with Crippen molar-refractivity contribution in [3.63, 3.8) is 0 Å². The molecule has 22 heavy (non-hydrogen) atoms. The highest BCUT2D eigenvalue weighted by molar-refractivity contribution is 5.97. The molecule has 5 nitrogen and oxygen atoms in total. The van der Waals surface area contributed by atoms with Gasteiger partial charge in [-0.05, 0) is 44.9 Å². The molecule has 0 radical (unpaired) electrons. The lowest BCUT2D eigenvalue weighted by atomic mass is 10.0. The quantitative estimate of drug-likeness (QED) is 0.811. The second-order valence-corrected chi connectivity index (χ2v) is 5.83. The van der Waals surface area contributed by atoms with Crippen LogP contribution in [0.4, 0.5) is 5.69 Å². The number of anilines is 1. The van der Waals surface area contributed by atoms with Gasteiger partial charge in [-0.3, -0.25) is 14.5 Å². The number of amides is 1. The molecule has 0 aromatic heterocycles. The highest BCUT2D eigenvalue weighted by atomic mass is 35.5. The van der Waals surface area contributed by atoms with Crippen molar-refractivity contribution in [3.8, 4) is 0 Å². The molecule has 2 unspecified atom stereocenters. The van der Waals surface area contributed by atoms with Crippen LogP contribution in [-0.4, -0.2) is 42.3 Å². The first-order valence-corrected chi connectivity index (χ1v) is 7.34. The van der Waals surface area contributed by atoms with E-state index in [0.717, 1.165) is 19.5 Å². The van der Waals surface area contributed by atoms with E-state index in [1.54, 1.807) is 24.3 Å². The van der Waals surface area contributed by atoms with Crippen LogP contribution in [0.1, 0.15) is 30.6 Å². The lowest BCUT2D eigenvalue weighted by Crippen LogP contribution is -2.34. The number of carbonyl (C=O) groups is 2. The summed E-state index contributed by atoms with van der Waals surface area (Å²) in [6.07, 6.45) is 1.05. The number of hydrogen-bond donors (Lipinski definition) is 2. The molecule has 1 amide bonds. The van der Waals surface area contributed by atoms with Gasteiger partial charge in [0, 0.05) is 23.8 Å². The predicted octanol–water partition coefficient (Wildman–Crippen LogP) is 1.92. The Labute approximate surface area is 137 Å². The Morgan fingerprint density at radius 1 is 1.45 bits per heavy atom. The van der Waals surface area contributed by atoms with E-state index in [2.05, 4.69) is 10.2 Å². The molecule has 1 heterocycles. The van der Waals surface area contributed by atoms with Crippen LogP contribution in [0.3, 0.4) is 0 Å². The average Bonchev–Trinajstić information content (AvgIpc) is 2.87. The molecule has 3 N–H and O–H groups in total. The van der Waals surface area contributed by atoms with Crippen LogP contribution in [0.5, 0.6) is 0 Å². The summed E-state index contributed by atoms with van der Waals surface area (Å²) >= 11 is 0. The standard InChI is InChI=1S/C16H23N3O2.ClH/c1-11(17)14-6-7-19(9-14)10-16(21)18-15-5-3-4-13(8-15)12(2)20;/h3-5,8,11,14H,6-7,9-10,17H2,1-2H3,(H,18,21);1H. The van der Waals surface area contributed by atoms with E-state index >= 15 is 0 Å². The smallest absolute Gasteiger partial charge is 0.238 e. The number of likely N-dealkylation sites (tertiary alicyclic amines) is 1.